The highest BCUT2D eigenvalue weighted by Gasteiger charge is 2.09. The Morgan fingerprint density at radius 2 is 2.31 bits per heavy atom. The number of anilines is 1. The van der Waals surface area contributed by atoms with E-state index in [1.165, 1.54) is 0 Å². The van der Waals surface area contributed by atoms with E-state index in [0.29, 0.717) is 6.61 Å². The molecule has 0 fully saturated rings. The molecule has 1 heterocycles. The third-order valence-electron chi connectivity index (χ3n) is 2.28. The fraction of sp³-hybridized carbons (Fsp3) is 0.250. The molecule has 0 amide bonds. The summed E-state index contributed by atoms with van der Waals surface area (Å²) in [5.74, 6) is 0.859. The second-order valence-electron chi connectivity index (χ2n) is 3.36. The molecule has 3 nitrogen and oxygen atoms in total. The first-order valence-electron chi connectivity index (χ1n) is 5.19. The molecular formula is C12H14N2OS. The molecule has 2 N–H and O–H groups in total. The van der Waals surface area contributed by atoms with Gasteiger partial charge in [-0.3, -0.25) is 0 Å². The fourth-order valence-electron chi connectivity index (χ4n) is 1.55. The summed E-state index contributed by atoms with van der Waals surface area (Å²) in [6, 6.07) is 5.75. The third kappa shape index (κ3) is 2.33. The van der Waals surface area contributed by atoms with E-state index < -0.39 is 0 Å². The molecule has 0 bridgehead atoms. The van der Waals surface area contributed by atoms with Crippen molar-refractivity contribution in [3.63, 3.8) is 0 Å². The molecule has 0 radical (unpaired) electrons. The molecule has 84 valence electrons. The minimum atomic E-state index is 0.647. The van der Waals surface area contributed by atoms with Gasteiger partial charge in [0.05, 0.1) is 11.6 Å². The SMILES string of the molecule is CCOc1cccc(N)c1Cc1nccs1. The van der Waals surface area contributed by atoms with Crippen molar-refractivity contribution in [2.75, 3.05) is 12.3 Å². The number of nitrogens with two attached hydrogens (primary N) is 1. The Morgan fingerprint density at radius 3 is 3.00 bits per heavy atom. The van der Waals surface area contributed by atoms with Gasteiger partial charge in [0.15, 0.2) is 0 Å². The topological polar surface area (TPSA) is 48.1 Å². The van der Waals surface area contributed by atoms with Gasteiger partial charge in [0, 0.05) is 29.2 Å². The summed E-state index contributed by atoms with van der Waals surface area (Å²) in [6.45, 7) is 2.62. The Labute approximate surface area is 98.9 Å². The summed E-state index contributed by atoms with van der Waals surface area (Å²) in [7, 11) is 0. The Balaban J connectivity index is 2.30. The smallest absolute Gasteiger partial charge is 0.124 e. The lowest BCUT2D eigenvalue weighted by atomic mass is 10.1. The molecule has 0 saturated heterocycles. The molecule has 0 saturated carbocycles. The first-order valence-corrected chi connectivity index (χ1v) is 6.07. The summed E-state index contributed by atoms with van der Waals surface area (Å²) >= 11 is 1.63. The number of aromatic nitrogens is 1. The summed E-state index contributed by atoms with van der Waals surface area (Å²) in [6.07, 6.45) is 2.54. The van der Waals surface area contributed by atoms with E-state index in [9.17, 15) is 0 Å². The molecule has 0 aliphatic carbocycles. The number of hydrogen-bond donors (Lipinski definition) is 1. The number of ether oxygens (including phenoxy) is 1. The van der Waals surface area contributed by atoms with Crippen LogP contribution in [-0.4, -0.2) is 11.6 Å². The van der Waals surface area contributed by atoms with Crippen LogP contribution in [0.3, 0.4) is 0 Å². The highest BCUT2D eigenvalue weighted by atomic mass is 32.1. The van der Waals surface area contributed by atoms with Crippen LogP contribution in [0.1, 0.15) is 17.5 Å². The number of nitrogen functional groups attached to an aromatic ring is 1. The average molecular weight is 234 g/mol. The number of thiazole rings is 1. The van der Waals surface area contributed by atoms with Crippen molar-refractivity contribution in [1.82, 2.24) is 4.98 Å². The predicted octanol–water partition coefficient (Wildman–Crippen LogP) is 2.71. The Morgan fingerprint density at radius 1 is 1.44 bits per heavy atom. The number of hydrogen-bond acceptors (Lipinski definition) is 4. The maximum Gasteiger partial charge on any atom is 0.124 e. The van der Waals surface area contributed by atoms with Gasteiger partial charge in [-0.05, 0) is 19.1 Å². The van der Waals surface area contributed by atoms with Crippen LogP contribution in [0.5, 0.6) is 5.75 Å². The van der Waals surface area contributed by atoms with Crippen molar-refractivity contribution < 1.29 is 4.74 Å². The van der Waals surface area contributed by atoms with Crippen molar-refractivity contribution in [1.29, 1.82) is 0 Å². The van der Waals surface area contributed by atoms with E-state index in [2.05, 4.69) is 4.98 Å². The van der Waals surface area contributed by atoms with Crippen LogP contribution in [0.2, 0.25) is 0 Å². The van der Waals surface area contributed by atoms with Crippen LogP contribution >= 0.6 is 11.3 Å². The lowest BCUT2D eigenvalue weighted by Gasteiger charge is -2.11. The van der Waals surface area contributed by atoms with Gasteiger partial charge < -0.3 is 10.5 Å². The maximum absolute atomic E-state index is 5.97. The van der Waals surface area contributed by atoms with E-state index in [1.807, 2.05) is 30.5 Å². The van der Waals surface area contributed by atoms with E-state index in [0.717, 1.165) is 28.4 Å². The molecule has 2 rings (SSSR count). The van der Waals surface area contributed by atoms with Crippen LogP contribution in [0.25, 0.3) is 0 Å². The van der Waals surface area contributed by atoms with E-state index in [-0.39, 0.29) is 0 Å². The van der Waals surface area contributed by atoms with Crippen LogP contribution in [0.4, 0.5) is 5.69 Å². The molecule has 16 heavy (non-hydrogen) atoms. The summed E-state index contributed by atoms with van der Waals surface area (Å²) in [5, 5.41) is 3.02. The van der Waals surface area contributed by atoms with Gasteiger partial charge in [0.2, 0.25) is 0 Å². The molecule has 0 aliphatic heterocycles. The zero-order chi connectivity index (χ0) is 11.4. The van der Waals surface area contributed by atoms with Crippen molar-refractivity contribution in [3.8, 4) is 5.75 Å². The monoisotopic (exact) mass is 234 g/mol. The Hall–Kier alpha value is -1.55. The van der Waals surface area contributed by atoms with Crippen LogP contribution in [0.15, 0.2) is 29.8 Å². The van der Waals surface area contributed by atoms with E-state index in [4.69, 9.17) is 10.5 Å². The number of rotatable bonds is 4. The van der Waals surface area contributed by atoms with Gasteiger partial charge >= 0.3 is 0 Å². The Bertz CT molecular complexity index is 454. The zero-order valence-electron chi connectivity index (χ0n) is 9.14. The molecule has 1 aromatic carbocycles. The van der Waals surface area contributed by atoms with Crippen molar-refractivity contribution in [2.45, 2.75) is 13.3 Å². The maximum atomic E-state index is 5.97. The lowest BCUT2D eigenvalue weighted by molar-refractivity contribution is 0.337. The predicted molar refractivity (Wildman–Crippen MR) is 66.9 cm³/mol. The minimum absolute atomic E-state index is 0.647. The van der Waals surface area contributed by atoms with Gasteiger partial charge in [0.1, 0.15) is 5.75 Å². The largest absolute Gasteiger partial charge is 0.494 e. The molecule has 1 aromatic heterocycles. The minimum Gasteiger partial charge on any atom is -0.494 e. The second-order valence-corrected chi connectivity index (χ2v) is 4.34. The lowest BCUT2D eigenvalue weighted by Crippen LogP contribution is -2.01. The van der Waals surface area contributed by atoms with Gasteiger partial charge in [0.25, 0.3) is 0 Å². The summed E-state index contributed by atoms with van der Waals surface area (Å²) < 4.78 is 5.56. The Kier molecular flexibility index (Phi) is 3.41. The first-order chi connectivity index (χ1) is 7.81. The van der Waals surface area contributed by atoms with E-state index in [1.54, 1.807) is 17.5 Å². The van der Waals surface area contributed by atoms with Gasteiger partial charge in [-0.15, -0.1) is 11.3 Å². The molecule has 2 aromatic rings. The number of benzene rings is 1. The molecule has 0 aliphatic rings. The van der Waals surface area contributed by atoms with Crippen molar-refractivity contribution >= 4 is 17.0 Å². The molecule has 0 spiro atoms. The summed E-state index contributed by atoms with van der Waals surface area (Å²) in [4.78, 5) is 4.26. The second kappa shape index (κ2) is 4.99. The molecule has 0 unspecified atom stereocenters. The van der Waals surface area contributed by atoms with Gasteiger partial charge in [-0.1, -0.05) is 6.07 Å². The number of nitrogens with zero attached hydrogens (tertiary/aromatic N) is 1. The van der Waals surface area contributed by atoms with Gasteiger partial charge in [-0.25, -0.2) is 4.98 Å². The normalized spacial score (nSPS) is 10.3. The highest BCUT2D eigenvalue weighted by molar-refractivity contribution is 7.09. The molecule has 0 atom stereocenters. The van der Waals surface area contributed by atoms with Gasteiger partial charge in [-0.2, -0.15) is 0 Å². The standard InChI is InChI=1S/C12H14N2OS/c1-2-15-11-5-3-4-10(13)9(11)8-12-14-6-7-16-12/h3-7H,2,8,13H2,1H3. The first kappa shape index (κ1) is 11.0. The van der Waals surface area contributed by atoms with Crippen molar-refractivity contribution in [3.05, 3.63) is 40.3 Å². The van der Waals surface area contributed by atoms with Crippen LogP contribution < -0.4 is 10.5 Å². The third-order valence-corrected chi connectivity index (χ3v) is 3.06. The fourth-order valence-corrected chi connectivity index (χ4v) is 2.18. The quantitative estimate of drug-likeness (QED) is 0.827. The highest BCUT2D eigenvalue weighted by Crippen LogP contribution is 2.27. The average Bonchev–Trinajstić information content (AvgIpc) is 2.76. The summed E-state index contributed by atoms with van der Waals surface area (Å²) in [5.41, 5.74) is 7.76. The van der Waals surface area contributed by atoms with E-state index >= 15 is 0 Å². The van der Waals surface area contributed by atoms with Crippen LogP contribution in [0, 0.1) is 0 Å². The zero-order valence-corrected chi connectivity index (χ0v) is 9.96. The van der Waals surface area contributed by atoms with Crippen molar-refractivity contribution in [2.24, 2.45) is 0 Å². The van der Waals surface area contributed by atoms with Crippen LogP contribution in [-0.2, 0) is 6.42 Å². The molecular weight excluding hydrogens is 220 g/mol. The molecule has 4 heteroatoms.